The molecule has 0 radical (unpaired) electrons. The van der Waals surface area contributed by atoms with Crippen LogP contribution < -0.4 is 5.56 Å². The third-order valence-corrected chi connectivity index (χ3v) is 3.95. The molecule has 0 N–H and O–H groups in total. The Bertz CT molecular complexity index is 1060. The number of fused-ring (bicyclic) bond motifs is 3. The monoisotopic (exact) mass is 312 g/mol. The minimum Gasteiger partial charge on any atom is -0.303 e. The SMILES string of the molecule is N#Cc1ccc2c(c1)-n1ccc(=O)nc1CN=C2c1ccccc1. The van der Waals surface area contributed by atoms with Crippen molar-refractivity contribution in [1.29, 1.82) is 5.26 Å². The molecule has 0 unspecified atom stereocenters. The molecule has 24 heavy (non-hydrogen) atoms. The van der Waals surface area contributed by atoms with Crippen LogP contribution in [0.4, 0.5) is 0 Å². The van der Waals surface area contributed by atoms with Gasteiger partial charge in [0.15, 0.2) is 0 Å². The molecule has 0 spiro atoms. The van der Waals surface area contributed by atoms with E-state index >= 15 is 0 Å². The highest BCUT2D eigenvalue weighted by Crippen LogP contribution is 2.25. The van der Waals surface area contributed by atoms with E-state index in [0.29, 0.717) is 17.9 Å². The summed E-state index contributed by atoms with van der Waals surface area (Å²) >= 11 is 0. The minimum absolute atomic E-state index is 0.294. The molecule has 0 saturated heterocycles. The molecule has 1 aliphatic heterocycles. The summed E-state index contributed by atoms with van der Waals surface area (Å²) in [5.74, 6) is 0.560. The lowest BCUT2D eigenvalue weighted by Crippen LogP contribution is -2.15. The van der Waals surface area contributed by atoms with Crippen molar-refractivity contribution >= 4 is 5.71 Å². The Morgan fingerprint density at radius 2 is 1.92 bits per heavy atom. The predicted octanol–water partition coefficient (Wildman–Crippen LogP) is 2.46. The summed E-state index contributed by atoms with van der Waals surface area (Å²) in [4.78, 5) is 20.4. The van der Waals surface area contributed by atoms with Gasteiger partial charge >= 0.3 is 0 Å². The Morgan fingerprint density at radius 3 is 2.71 bits per heavy atom. The summed E-state index contributed by atoms with van der Waals surface area (Å²) in [6.07, 6.45) is 1.69. The fraction of sp³-hybridized carbons (Fsp3) is 0.0526. The maximum atomic E-state index is 11.6. The van der Waals surface area contributed by atoms with Gasteiger partial charge in [0.1, 0.15) is 5.82 Å². The summed E-state index contributed by atoms with van der Waals surface area (Å²) < 4.78 is 1.83. The molecule has 1 aromatic heterocycles. The summed E-state index contributed by atoms with van der Waals surface area (Å²) in [5.41, 5.74) is 3.78. The third-order valence-electron chi connectivity index (χ3n) is 3.95. The summed E-state index contributed by atoms with van der Waals surface area (Å²) in [5, 5.41) is 9.23. The second-order valence-electron chi connectivity index (χ2n) is 5.43. The van der Waals surface area contributed by atoms with E-state index in [1.54, 1.807) is 18.3 Å². The number of nitriles is 1. The van der Waals surface area contributed by atoms with Crippen molar-refractivity contribution in [1.82, 2.24) is 9.55 Å². The molecule has 2 aromatic carbocycles. The van der Waals surface area contributed by atoms with E-state index < -0.39 is 0 Å². The van der Waals surface area contributed by atoms with Crippen LogP contribution in [0.3, 0.4) is 0 Å². The lowest BCUT2D eigenvalue weighted by Gasteiger charge is -2.13. The first-order valence-corrected chi connectivity index (χ1v) is 7.49. The second kappa shape index (κ2) is 5.60. The van der Waals surface area contributed by atoms with Crippen LogP contribution in [-0.4, -0.2) is 15.3 Å². The van der Waals surface area contributed by atoms with Gasteiger partial charge in [-0.2, -0.15) is 10.2 Å². The Labute approximate surface area is 138 Å². The lowest BCUT2D eigenvalue weighted by molar-refractivity contribution is 0.819. The van der Waals surface area contributed by atoms with Gasteiger partial charge in [0, 0.05) is 23.4 Å². The Balaban J connectivity index is 2.03. The quantitative estimate of drug-likeness (QED) is 0.693. The van der Waals surface area contributed by atoms with E-state index in [-0.39, 0.29) is 5.56 Å². The van der Waals surface area contributed by atoms with Gasteiger partial charge in [-0.05, 0) is 18.2 Å². The van der Waals surface area contributed by atoms with Crippen LogP contribution in [0, 0.1) is 11.3 Å². The molecule has 0 amide bonds. The van der Waals surface area contributed by atoms with Crippen LogP contribution in [0.2, 0.25) is 0 Å². The van der Waals surface area contributed by atoms with Crippen LogP contribution in [0.5, 0.6) is 0 Å². The summed E-state index contributed by atoms with van der Waals surface area (Å²) in [6.45, 7) is 0.302. The smallest absolute Gasteiger partial charge is 0.272 e. The molecule has 2 heterocycles. The molecule has 114 valence electrons. The molecule has 0 bridgehead atoms. The molecule has 0 saturated carbocycles. The Morgan fingerprint density at radius 1 is 1.08 bits per heavy atom. The van der Waals surface area contributed by atoms with Crippen molar-refractivity contribution in [3.8, 4) is 11.8 Å². The molecule has 5 heteroatoms. The zero-order valence-electron chi connectivity index (χ0n) is 12.7. The fourth-order valence-electron chi connectivity index (χ4n) is 2.85. The van der Waals surface area contributed by atoms with Gasteiger partial charge in [-0.1, -0.05) is 30.3 Å². The molecule has 0 fully saturated rings. The molecule has 3 aromatic rings. The maximum Gasteiger partial charge on any atom is 0.272 e. The molecule has 0 atom stereocenters. The first-order valence-electron chi connectivity index (χ1n) is 7.49. The number of hydrogen-bond donors (Lipinski definition) is 0. The zero-order valence-corrected chi connectivity index (χ0v) is 12.7. The highest BCUT2D eigenvalue weighted by molar-refractivity contribution is 6.15. The molecular weight excluding hydrogens is 300 g/mol. The second-order valence-corrected chi connectivity index (χ2v) is 5.43. The molecule has 5 nitrogen and oxygen atoms in total. The number of nitrogens with zero attached hydrogens (tertiary/aromatic N) is 4. The zero-order chi connectivity index (χ0) is 16.5. The highest BCUT2D eigenvalue weighted by Gasteiger charge is 2.19. The lowest BCUT2D eigenvalue weighted by atomic mass is 9.99. The molecule has 0 aliphatic carbocycles. The predicted molar refractivity (Wildman–Crippen MR) is 90.3 cm³/mol. The topological polar surface area (TPSA) is 71.0 Å². The summed E-state index contributed by atoms with van der Waals surface area (Å²) in [7, 11) is 0. The van der Waals surface area contributed by atoms with E-state index in [1.807, 2.05) is 41.0 Å². The first kappa shape index (κ1) is 14.1. The minimum atomic E-state index is -0.294. The Hall–Kier alpha value is -3.52. The number of benzene rings is 2. The average Bonchev–Trinajstić information content (AvgIpc) is 2.78. The van der Waals surface area contributed by atoms with Crippen molar-refractivity contribution in [3.05, 3.63) is 93.7 Å². The Kier molecular flexibility index (Phi) is 3.29. The number of rotatable bonds is 1. The fourth-order valence-corrected chi connectivity index (χ4v) is 2.85. The van der Waals surface area contributed by atoms with E-state index in [4.69, 9.17) is 0 Å². The van der Waals surface area contributed by atoms with Crippen molar-refractivity contribution in [2.75, 3.05) is 0 Å². The van der Waals surface area contributed by atoms with Crippen LogP contribution in [0.1, 0.15) is 22.5 Å². The number of aliphatic imine (C=N–C) groups is 1. The number of hydrogen-bond acceptors (Lipinski definition) is 4. The summed E-state index contributed by atoms with van der Waals surface area (Å²) in [6, 6.07) is 18.9. The molecular formula is C19H12N4O. The van der Waals surface area contributed by atoms with Crippen LogP contribution in [0.15, 0.2) is 70.6 Å². The van der Waals surface area contributed by atoms with Crippen molar-refractivity contribution in [2.24, 2.45) is 4.99 Å². The van der Waals surface area contributed by atoms with E-state index in [1.165, 1.54) is 6.07 Å². The van der Waals surface area contributed by atoms with Gasteiger partial charge in [-0.15, -0.1) is 0 Å². The molecule has 1 aliphatic rings. The van der Waals surface area contributed by atoms with E-state index in [0.717, 1.165) is 22.5 Å². The van der Waals surface area contributed by atoms with Crippen LogP contribution in [0.25, 0.3) is 5.69 Å². The molecule has 4 rings (SSSR count). The first-order chi connectivity index (χ1) is 11.8. The van der Waals surface area contributed by atoms with Gasteiger partial charge in [0.05, 0.1) is 29.6 Å². The van der Waals surface area contributed by atoms with Crippen molar-refractivity contribution in [2.45, 2.75) is 6.54 Å². The van der Waals surface area contributed by atoms with Crippen molar-refractivity contribution < 1.29 is 0 Å². The normalized spacial score (nSPS) is 12.4. The highest BCUT2D eigenvalue weighted by atomic mass is 16.1. The van der Waals surface area contributed by atoms with Crippen LogP contribution >= 0.6 is 0 Å². The van der Waals surface area contributed by atoms with Crippen LogP contribution in [-0.2, 0) is 6.54 Å². The van der Waals surface area contributed by atoms with E-state index in [9.17, 15) is 10.1 Å². The van der Waals surface area contributed by atoms with E-state index in [2.05, 4.69) is 16.0 Å². The van der Waals surface area contributed by atoms with Gasteiger partial charge in [-0.3, -0.25) is 9.79 Å². The largest absolute Gasteiger partial charge is 0.303 e. The standard InChI is InChI=1S/C19H12N4O/c20-11-13-6-7-15-16(10-13)23-9-8-18(24)22-17(23)12-21-19(15)14-4-2-1-3-5-14/h1-10H,12H2. The number of aromatic nitrogens is 2. The van der Waals surface area contributed by atoms with Crippen molar-refractivity contribution in [3.63, 3.8) is 0 Å². The van der Waals surface area contributed by atoms with Gasteiger partial charge in [-0.25, -0.2) is 0 Å². The van der Waals surface area contributed by atoms with Gasteiger partial charge < -0.3 is 4.57 Å². The average molecular weight is 312 g/mol. The third kappa shape index (κ3) is 2.31. The maximum absolute atomic E-state index is 11.6. The van der Waals surface area contributed by atoms with Gasteiger partial charge in [0.2, 0.25) is 0 Å². The van der Waals surface area contributed by atoms with Gasteiger partial charge in [0.25, 0.3) is 5.56 Å².